The molecule has 0 atom stereocenters. The highest BCUT2D eigenvalue weighted by Crippen LogP contribution is 2.17. The van der Waals surface area contributed by atoms with Gasteiger partial charge in [-0.2, -0.15) is 0 Å². The first-order chi connectivity index (χ1) is 13.1. The van der Waals surface area contributed by atoms with Gasteiger partial charge in [0.05, 0.1) is 6.54 Å². The normalized spacial score (nSPS) is 10.9. The molecule has 1 N–H and O–H groups in total. The molecule has 0 saturated heterocycles. The smallest absolute Gasteiger partial charge is 0.286 e. The molecule has 0 radical (unpaired) electrons. The van der Waals surface area contributed by atoms with Crippen molar-refractivity contribution in [2.24, 2.45) is 0 Å². The van der Waals surface area contributed by atoms with Gasteiger partial charge in [-0.1, -0.05) is 66.3 Å². The number of nitrogens with one attached hydrogen (secondary N) is 1. The predicted molar refractivity (Wildman–Crippen MR) is 110 cm³/mol. The third-order valence-electron chi connectivity index (χ3n) is 4.12. The minimum Gasteiger partial charge on any atom is -0.320 e. The van der Waals surface area contributed by atoms with Crippen molar-refractivity contribution in [1.82, 2.24) is 15.1 Å². The summed E-state index contributed by atoms with van der Waals surface area (Å²) < 4.78 is 0. The van der Waals surface area contributed by atoms with Crippen LogP contribution in [0.25, 0.3) is 0 Å². The Hall–Kier alpha value is -2.57. The third kappa shape index (κ3) is 5.70. The molecule has 0 fully saturated rings. The maximum Gasteiger partial charge on any atom is 0.286 e. The van der Waals surface area contributed by atoms with E-state index in [1.165, 1.54) is 16.9 Å². The van der Waals surface area contributed by atoms with Gasteiger partial charge in [0, 0.05) is 12.2 Å². The van der Waals surface area contributed by atoms with Crippen molar-refractivity contribution in [2.75, 3.05) is 11.9 Å². The SMILES string of the molecule is CCCN(Cc1ccccc1)Cc1nnc(C(=O)Nc2ccc(C)cc2)s1. The Bertz CT molecular complexity index is 861. The molecule has 6 heteroatoms. The van der Waals surface area contributed by atoms with E-state index in [4.69, 9.17) is 0 Å². The van der Waals surface area contributed by atoms with E-state index in [0.29, 0.717) is 11.6 Å². The third-order valence-corrected chi connectivity index (χ3v) is 5.03. The van der Waals surface area contributed by atoms with Gasteiger partial charge in [0.25, 0.3) is 5.91 Å². The molecule has 0 bridgehead atoms. The summed E-state index contributed by atoms with van der Waals surface area (Å²) in [5.41, 5.74) is 3.19. The van der Waals surface area contributed by atoms with Gasteiger partial charge in [0.15, 0.2) is 0 Å². The largest absolute Gasteiger partial charge is 0.320 e. The number of hydrogen-bond acceptors (Lipinski definition) is 5. The second-order valence-corrected chi connectivity index (χ2v) is 7.58. The zero-order valence-corrected chi connectivity index (χ0v) is 16.5. The minimum absolute atomic E-state index is 0.215. The van der Waals surface area contributed by atoms with E-state index >= 15 is 0 Å². The van der Waals surface area contributed by atoms with Crippen molar-refractivity contribution >= 4 is 22.9 Å². The van der Waals surface area contributed by atoms with E-state index < -0.39 is 0 Å². The van der Waals surface area contributed by atoms with Gasteiger partial charge in [0.1, 0.15) is 5.01 Å². The molecule has 0 saturated carbocycles. The quantitative estimate of drug-likeness (QED) is 0.625. The highest BCUT2D eigenvalue weighted by atomic mass is 32.1. The molecule has 0 aliphatic carbocycles. The Balaban J connectivity index is 1.62. The van der Waals surface area contributed by atoms with Crippen molar-refractivity contribution in [3.05, 3.63) is 75.7 Å². The summed E-state index contributed by atoms with van der Waals surface area (Å²) in [4.78, 5) is 14.7. The van der Waals surface area contributed by atoms with Gasteiger partial charge >= 0.3 is 0 Å². The first-order valence-corrected chi connectivity index (χ1v) is 9.92. The van der Waals surface area contributed by atoms with E-state index in [2.05, 4.69) is 51.6 Å². The summed E-state index contributed by atoms with van der Waals surface area (Å²) in [6, 6.07) is 18.1. The van der Waals surface area contributed by atoms with Gasteiger partial charge in [-0.15, -0.1) is 10.2 Å². The molecule has 1 heterocycles. The number of carbonyl (C=O) groups excluding carboxylic acids is 1. The molecule has 0 spiro atoms. The minimum atomic E-state index is -0.215. The van der Waals surface area contributed by atoms with E-state index in [-0.39, 0.29) is 5.91 Å². The molecule has 0 aliphatic heterocycles. The zero-order valence-electron chi connectivity index (χ0n) is 15.7. The fourth-order valence-electron chi connectivity index (χ4n) is 2.79. The van der Waals surface area contributed by atoms with E-state index in [9.17, 15) is 4.79 Å². The molecule has 140 valence electrons. The number of rotatable bonds is 8. The zero-order chi connectivity index (χ0) is 19.1. The summed E-state index contributed by atoms with van der Waals surface area (Å²) in [5.74, 6) is -0.215. The Morgan fingerprint density at radius 2 is 1.78 bits per heavy atom. The van der Waals surface area contributed by atoms with Gasteiger partial charge in [-0.05, 0) is 37.6 Å². The van der Waals surface area contributed by atoms with Gasteiger partial charge < -0.3 is 5.32 Å². The lowest BCUT2D eigenvalue weighted by Crippen LogP contribution is -2.23. The lowest BCUT2D eigenvalue weighted by atomic mass is 10.2. The number of aromatic nitrogens is 2. The van der Waals surface area contributed by atoms with Crippen LogP contribution in [0.2, 0.25) is 0 Å². The average molecular weight is 381 g/mol. The Kier molecular flexibility index (Phi) is 6.68. The first kappa shape index (κ1) is 19.2. The Labute approximate surface area is 164 Å². The predicted octanol–water partition coefficient (Wildman–Crippen LogP) is 4.51. The number of nitrogens with zero attached hydrogens (tertiary/aromatic N) is 3. The maximum absolute atomic E-state index is 12.4. The summed E-state index contributed by atoms with van der Waals surface area (Å²) in [7, 11) is 0. The second kappa shape index (κ2) is 9.39. The summed E-state index contributed by atoms with van der Waals surface area (Å²) in [6.07, 6.45) is 1.06. The van der Waals surface area contributed by atoms with Crippen LogP contribution in [0, 0.1) is 6.92 Å². The molecule has 0 aliphatic rings. The molecule has 3 aromatic rings. The fraction of sp³-hybridized carbons (Fsp3) is 0.286. The first-order valence-electron chi connectivity index (χ1n) is 9.10. The number of anilines is 1. The van der Waals surface area contributed by atoms with Crippen LogP contribution in [-0.2, 0) is 13.1 Å². The van der Waals surface area contributed by atoms with Crippen LogP contribution in [0.1, 0.15) is 39.3 Å². The molecular weight excluding hydrogens is 356 g/mol. The Morgan fingerprint density at radius 3 is 2.48 bits per heavy atom. The Morgan fingerprint density at radius 1 is 1.04 bits per heavy atom. The van der Waals surface area contributed by atoms with Crippen LogP contribution >= 0.6 is 11.3 Å². The fourth-order valence-corrected chi connectivity index (χ4v) is 3.57. The van der Waals surface area contributed by atoms with Crippen LogP contribution in [0.3, 0.4) is 0 Å². The second-order valence-electron chi connectivity index (χ2n) is 6.52. The highest BCUT2D eigenvalue weighted by molar-refractivity contribution is 7.13. The molecule has 5 nitrogen and oxygen atoms in total. The highest BCUT2D eigenvalue weighted by Gasteiger charge is 2.15. The van der Waals surface area contributed by atoms with Crippen LogP contribution in [-0.4, -0.2) is 27.5 Å². The molecule has 0 unspecified atom stereocenters. The lowest BCUT2D eigenvalue weighted by Gasteiger charge is -2.20. The summed E-state index contributed by atoms with van der Waals surface area (Å²) in [5, 5.41) is 12.4. The molecule has 3 rings (SSSR count). The molecular formula is C21H24N4OS. The number of hydrogen-bond donors (Lipinski definition) is 1. The molecule has 1 aromatic heterocycles. The molecule has 27 heavy (non-hydrogen) atoms. The van der Waals surface area contributed by atoms with Crippen LogP contribution in [0.15, 0.2) is 54.6 Å². The molecule has 2 aromatic carbocycles. The standard InChI is InChI=1S/C21H24N4OS/c1-3-13-25(14-17-7-5-4-6-8-17)15-19-23-24-21(27-19)20(26)22-18-11-9-16(2)10-12-18/h4-12H,3,13-15H2,1-2H3,(H,22,26). The van der Waals surface area contributed by atoms with Crippen molar-refractivity contribution in [2.45, 2.75) is 33.4 Å². The number of amides is 1. The van der Waals surface area contributed by atoms with E-state index in [0.717, 1.165) is 35.8 Å². The summed E-state index contributed by atoms with van der Waals surface area (Å²) in [6.45, 7) is 6.70. The van der Waals surface area contributed by atoms with Crippen molar-refractivity contribution in [3.8, 4) is 0 Å². The van der Waals surface area contributed by atoms with Crippen molar-refractivity contribution in [1.29, 1.82) is 0 Å². The topological polar surface area (TPSA) is 58.1 Å². The van der Waals surface area contributed by atoms with Gasteiger partial charge in [-0.25, -0.2) is 0 Å². The maximum atomic E-state index is 12.4. The van der Waals surface area contributed by atoms with E-state index in [1.54, 1.807) is 0 Å². The number of aryl methyl sites for hydroxylation is 1. The monoisotopic (exact) mass is 380 g/mol. The number of carbonyl (C=O) groups is 1. The average Bonchev–Trinajstić information content (AvgIpc) is 3.13. The van der Waals surface area contributed by atoms with Gasteiger partial charge in [-0.3, -0.25) is 9.69 Å². The number of benzene rings is 2. The lowest BCUT2D eigenvalue weighted by molar-refractivity contribution is 0.102. The van der Waals surface area contributed by atoms with Crippen LogP contribution in [0.5, 0.6) is 0 Å². The van der Waals surface area contributed by atoms with Crippen molar-refractivity contribution in [3.63, 3.8) is 0 Å². The van der Waals surface area contributed by atoms with Crippen LogP contribution < -0.4 is 5.32 Å². The van der Waals surface area contributed by atoms with Gasteiger partial charge in [0.2, 0.25) is 5.01 Å². The van der Waals surface area contributed by atoms with E-state index in [1.807, 2.05) is 37.3 Å². The molecule has 1 amide bonds. The van der Waals surface area contributed by atoms with Crippen molar-refractivity contribution < 1.29 is 4.79 Å². The summed E-state index contributed by atoms with van der Waals surface area (Å²) >= 11 is 1.35. The van der Waals surface area contributed by atoms with Crippen LogP contribution in [0.4, 0.5) is 5.69 Å².